The van der Waals surface area contributed by atoms with Crippen LogP contribution in [-0.4, -0.2) is 55.2 Å². The molecule has 6 heteroatoms. The monoisotopic (exact) mass is 451 g/mol. The molecule has 4 rings (SSSR count). The Labute approximate surface area is 195 Å². The van der Waals surface area contributed by atoms with Gasteiger partial charge >= 0.3 is 0 Å². The molecule has 0 N–H and O–H groups in total. The first-order chi connectivity index (χ1) is 15.4. The molecule has 1 fully saturated rings. The van der Waals surface area contributed by atoms with Crippen molar-refractivity contribution in [3.63, 3.8) is 0 Å². The molecule has 2 aromatic carbocycles. The van der Waals surface area contributed by atoms with Gasteiger partial charge in [0.1, 0.15) is 0 Å². The zero-order valence-electron chi connectivity index (χ0n) is 19.6. The lowest BCUT2D eigenvalue weighted by atomic mass is 10.0. The van der Waals surface area contributed by atoms with Crippen LogP contribution >= 0.6 is 11.3 Å². The number of amides is 1. The van der Waals surface area contributed by atoms with Gasteiger partial charge in [-0.15, -0.1) is 0 Å². The molecule has 3 aromatic rings. The number of thiazole rings is 1. The molecule has 170 valence electrons. The largest absolute Gasteiger partial charge is 0.379 e. The van der Waals surface area contributed by atoms with Gasteiger partial charge in [0.2, 0.25) is 5.91 Å². The summed E-state index contributed by atoms with van der Waals surface area (Å²) in [7, 11) is 0. The zero-order valence-corrected chi connectivity index (χ0v) is 20.4. The maximum atomic E-state index is 13.5. The van der Waals surface area contributed by atoms with Crippen molar-refractivity contribution in [3.05, 3.63) is 58.1 Å². The molecule has 1 aliphatic rings. The molecular weight excluding hydrogens is 418 g/mol. The Morgan fingerprint density at radius 2 is 1.84 bits per heavy atom. The fraction of sp³-hybridized carbons (Fsp3) is 0.462. The minimum Gasteiger partial charge on any atom is -0.379 e. The smallest absolute Gasteiger partial charge is 0.233 e. The average molecular weight is 452 g/mol. The molecular formula is C26H33N3O2S. The number of anilines is 1. The van der Waals surface area contributed by atoms with E-state index in [0.29, 0.717) is 13.0 Å². The van der Waals surface area contributed by atoms with Crippen molar-refractivity contribution >= 4 is 32.6 Å². The summed E-state index contributed by atoms with van der Waals surface area (Å²) in [5.74, 6) is 0.120. The summed E-state index contributed by atoms with van der Waals surface area (Å²) in [5, 5.41) is 0.811. The van der Waals surface area contributed by atoms with Crippen molar-refractivity contribution in [1.82, 2.24) is 9.88 Å². The highest BCUT2D eigenvalue weighted by Crippen LogP contribution is 2.32. The lowest BCUT2D eigenvalue weighted by molar-refractivity contribution is -0.118. The van der Waals surface area contributed by atoms with Gasteiger partial charge in [0, 0.05) is 26.2 Å². The normalized spacial score (nSPS) is 14.8. The van der Waals surface area contributed by atoms with E-state index in [1.165, 1.54) is 21.4 Å². The maximum Gasteiger partial charge on any atom is 0.233 e. The Morgan fingerprint density at radius 1 is 1.06 bits per heavy atom. The second kappa shape index (κ2) is 10.1. The number of carbonyl (C=O) groups excluding carboxylic acids is 1. The predicted molar refractivity (Wildman–Crippen MR) is 133 cm³/mol. The van der Waals surface area contributed by atoms with E-state index in [9.17, 15) is 4.79 Å². The Balaban J connectivity index is 1.57. The SMILES string of the molecule is Cc1ccc(C)c(CC(=O)N(CCCN2CCOCC2)c2nc3cc(C)cc(C)c3s2)c1. The highest BCUT2D eigenvalue weighted by molar-refractivity contribution is 7.22. The average Bonchev–Trinajstić information content (AvgIpc) is 3.18. The van der Waals surface area contributed by atoms with Gasteiger partial charge in [-0.25, -0.2) is 4.98 Å². The first kappa shape index (κ1) is 22.9. The van der Waals surface area contributed by atoms with Crippen LogP contribution < -0.4 is 4.90 Å². The fourth-order valence-electron chi connectivity index (χ4n) is 4.33. The highest BCUT2D eigenvalue weighted by atomic mass is 32.1. The van der Waals surface area contributed by atoms with Gasteiger partial charge < -0.3 is 4.74 Å². The maximum absolute atomic E-state index is 13.5. The summed E-state index contributed by atoms with van der Waals surface area (Å²) in [6.45, 7) is 13.6. The molecule has 0 atom stereocenters. The fourth-order valence-corrected chi connectivity index (χ4v) is 5.39. The Hall–Kier alpha value is -2.28. The summed E-state index contributed by atoms with van der Waals surface area (Å²) >= 11 is 1.63. The molecule has 0 unspecified atom stereocenters. The zero-order chi connectivity index (χ0) is 22.7. The molecule has 0 saturated carbocycles. The summed E-state index contributed by atoms with van der Waals surface area (Å²) in [5.41, 5.74) is 6.85. The molecule has 0 radical (unpaired) electrons. The predicted octanol–water partition coefficient (Wildman–Crippen LogP) is 4.83. The standard InChI is InChI=1S/C26H33N3O2S/c1-18-6-7-20(3)22(15-18)17-24(30)29(9-5-8-28-10-12-31-13-11-28)26-27-23-16-19(2)14-21(4)25(23)32-26/h6-7,14-16H,5,8-13,17H2,1-4H3. The number of morpholine rings is 1. The molecule has 0 spiro atoms. The topological polar surface area (TPSA) is 45.7 Å². The molecule has 0 bridgehead atoms. The van der Waals surface area contributed by atoms with Crippen LogP contribution in [0.1, 0.15) is 34.2 Å². The van der Waals surface area contributed by atoms with Crippen molar-refractivity contribution in [1.29, 1.82) is 0 Å². The number of aromatic nitrogens is 1. The number of hydrogen-bond donors (Lipinski definition) is 0. The van der Waals surface area contributed by atoms with Crippen molar-refractivity contribution in [2.24, 2.45) is 0 Å². The van der Waals surface area contributed by atoms with Crippen molar-refractivity contribution in [3.8, 4) is 0 Å². The molecule has 1 aliphatic heterocycles. The van der Waals surface area contributed by atoms with Gasteiger partial charge in [0.25, 0.3) is 0 Å². The van der Waals surface area contributed by atoms with Gasteiger partial charge in [0.05, 0.1) is 29.9 Å². The summed E-state index contributed by atoms with van der Waals surface area (Å²) < 4.78 is 6.63. The van der Waals surface area contributed by atoms with Crippen molar-refractivity contribution < 1.29 is 9.53 Å². The first-order valence-corrected chi connectivity index (χ1v) is 12.3. The van der Waals surface area contributed by atoms with E-state index in [-0.39, 0.29) is 5.91 Å². The third-order valence-electron chi connectivity index (χ3n) is 6.15. The Morgan fingerprint density at radius 3 is 2.62 bits per heavy atom. The van der Waals surface area contributed by atoms with Gasteiger partial charge in [-0.05, 0) is 62.4 Å². The number of hydrogen-bond acceptors (Lipinski definition) is 5. The van der Waals surface area contributed by atoms with Crippen LogP contribution in [0.5, 0.6) is 0 Å². The van der Waals surface area contributed by atoms with Crippen LogP contribution in [-0.2, 0) is 16.0 Å². The molecule has 1 amide bonds. The van der Waals surface area contributed by atoms with Crippen LogP contribution in [0, 0.1) is 27.7 Å². The number of rotatable bonds is 7. The third-order valence-corrected chi connectivity index (χ3v) is 7.38. The molecule has 2 heterocycles. The van der Waals surface area contributed by atoms with Crippen LogP contribution in [0.25, 0.3) is 10.2 Å². The van der Waals surface area contributed by atoms with Crippen LogP contribution in [0.4, 0.5) is 5.13 Å². The van der Waals surface area contributed by atoms with Crippen LogP contribution in [0.2, 0.25) is 0 Å². The van der Waals surface area contributed by atoms with Gasteiger partial charge in [0.15, 0.2) is 5.13 Å². The summed E-state index contributed by atoms with van der Waals surface area (Å²) in [6.07, 6.45) is 1.32. The minimum absolute atomic E-state index is 0.120. The summed E-state index contributed by atoms with van der Waals surface area (Å²) in [4.78, 5) is 22.8. The van der Waals surface area contributed by atoms with E-state index in [1.807, 2.05) is 4.90 Å². The Bertz CT molecular complexity index is 1100. The molecule has 5 nitrogen and oxygen atoms in total. The lowest BCUT2D eigenvalue weighted by Crippen LogP contribution is -2.39. The van der Waals surface area contributed by atoms with Gasteiger partial charge in [-0.1, -0.05) is 41.2 Å². The van der Waals surface area contributed by atoms with Gasteiger partial charge in [-0.2, -0.15) is 0 Å². The van der Waals surface area contributed by atoms with E-state index in [1.54, 1.807) is 11.3 Å². The molecule has 1 saturated heterocycles. The second-order valence-corrected chi connectivity index (χ2v) is 9.86. The first-order valence-electron chi connectivity index (χ1n) is 11.4. The molecule has 0 aliphatic carbocycles. The molecule has 32 heavy (non-hydrogen) atoms. The van der Waals surface area contributed by atoms with Gasteiger partial charge in [-0.3, -0.25) is 14.6 Å². The number of nitrogens with zero attached hydrogens (tertiary/aromatic N) is 3. The number of aryl methyl sites for hydroxylation is 4. The lowest BCUT2D eigenvalue weighted by Gasteiger charge is -2.27. The van der Waals surface area contributed by atoms with Crippen molar-refractivity contribution in [2.45, 2.75) is 40.5 Å². The number of fused-ring (bicyclic) bond motifs is 1. The van der Waals surface area contributed by atoms with E-state index in [4.69, 9.17) is 9.72 Å². The van der Waals surface area contributed by atoms with E-state index in [2.05, 4.69) is 62.9 Å². The van der Waals surface area contributed by atoms with E-state index in [0.717, 1.165) is 61.0 Å². The van der Waals surface area contributed by atoms with E-state index >= 15 is 0 Å². The quantitative estimate of drug-likeness (QED) is 0.516. The second-order valence-electron chi connectivity index (χ2n) is 8.89. The van der Waals surface area contributed by atoms with Crippen LogP contribution in [0.3, 0.4) is 0 Å². The Kier molecular flexibility index (Phi) is 7.23. The molecule has 1 aromatic heterocycles. The highest BCUT2D eigenvalue weighted by Gasteiger charge is 2.22. The number of benzene rings is 2. The van der Waals surface area contributed by atoms with Crippen LogP contribution in [0.15, 0.2) is 30.3 Å². The van der Waals surface area contributed by atoms with Crippen molar-refractivity contribution in [2.75, 3.05) is 44.3 Å². The summed E-state index contributed by atoms with van der Waals surface area (Å²) in [6, 6.07) is 10.6. The minimum atomic E-state index is 0.120. The third kappa shape index (κ3) is 5.37. The van der Waals surface area contributed by atoms with E-state index < -0.39 is 0 Å². The number of carbonyl (C=O) groups is 1. The number of ether oxygens (including phenoxy) is 1.